The summed E-state index contributed by atoms with van der Waals surface area (Å²) in [5, 5.41) is 19.4. The second-order valence-electron chi connectivity index (χ2n) is 5.29. The van der Waals surface area contributed by atoms with E-state index in [-0.39, 0.29) is 0 Å². The van der Waals surface area contributed by atoms with E-state index >= 15 is 0 Å². The van der Waals surface area contributed by atoms with Crippen LogP contribution in [0.5, 0.6) is 0 Å². The average molecular weight is 369 g/mol. The van der Waals surface area contributed by atoms with Gasteiger partial charge in [-0.25, -0.2) is 0 Å². The molecule has 0 radical (unpaired) electrons. The van der Waals surface area contributed by atoms with E-state index in [0.717, 1.165) is 23.7 Å². The van der Waals surface area contributed by atoms with E-state index in [9.17, 15) is 0 Å². The number of nitrogens with zero attached hydrogens (tertiary/aromatic N) is 5. The van der Waals surface area contributed by atoms with E-state index in [1.807, 2.05) is 30.3 Å². The summed E-state index contributed by atoms with van der Waals surface area (Å²) in [5.41, 5.74) is 0.922. The second kappa shape index (κ2) is 7.62. The fraction of sp³-hybridized carbons (Fsp3) is 0.176. The van der Waals surface area contributed by atoms with Crippen LogP contribution in [-0.4, -0.2) is 25.0 Å². The molecule has 0 fully saturated rings. The number of hydrogen-bond donors (Lipinski definition) is 0. The Morgan fingerprint density at radius 3 is 2.80 bits per heavy atom. The van der Waals surface area contributed by atoms with Crippen LogP contribution in [0.15, 0.2) is 63.7 Å². The Hall–Kier alpha value is -2.45. The van der Waals surface area contributed by atoms with Crippen LogP contribution < -0.4 is 0 Å². The van der Waals surface area contributed by atoms with Crippen LogP contribution >= 0.6 is 23.1 Å². The Morgan fingerprint density at radius 1 is 1.04 bits per heavy atom. The van der Waals surface area contributed by atoms with E-state index in [1.165, 1.54) is 4.88 Å². The Labute approximate surface area is 152 Å². The van der Waals surface area contributed by atoms with Gasteiger partial charge >= 0.3 is 0 Å². The van der Waals surface area contributed by atoms with Crippen LogP contribution in [0.1, 0.15) is 10.8 Å². The van der Waals surface area contributed by atoms with Gasteiger partial charge in [-0.3, -0.25) is 0 Å². The average Bonchev–Trinajstić information content (AvgIpc) is 3.40. The van der Waals surface area contributed by atoms with E-state index < -0.39 is 0 Å². The van der Waals surface area contributed by atoms with Gasteiger partial charge in [-0.15, -0.1) is 31.7 Å². The van der Waals surface area contributed by atoms with Gasteiger partial charge in [0.1, 0.15) is 6.33 Å². The lowest BCUT2D eigenvalue weighted by Crippen LogP contribution is -2.01. The second-order valence-corrected chi connectivity index (χ2v) is 7.27. The molecule has 0 aliphatic carbocycles. The van der Waals surface area contributed by atoms with Crippen LogP contribution in [0.2, 0.25) is 0 Å². The molecule has 0 amide bonds. The Bertz CT molecular complexity index is 918. The van der Waals surface area contributed by atoms with Crippen LogP contribution in [0.25, 0.3) is 11.5 Å². The molecule has 0 unspecified atom stereocenters. The number of thioether (sulfide) groups is 1. The standard InChI is InChI=1S/C17H15N5OS2/c1-2-5-13(6-3-1)16-20-19-15(23-16)11-25-17-21-18-12-22(17)9-8-14-7-4-10-24-14/h1-7,10,12H,8-9,11H2. The zero-order valence-electron chi connectivity index (χ0n) is 13.3. The highest BCUT2D eigenvalue weighted by Crippen LogP contribution is 2.23. The zero-order valence-corrected chi connectivity index (χ0v) is 14.9. The third kappa shape index (κ3) is 3.97. The lowest BCUT2D eigenvalue weighted by molar-refractivity contribution is 0.528. The molecule has 0 atom stereocenters. The monoisotopic (exact) mass is 369 g/mol. The predicted molar refractivity (Wildman–Crippen MR) is 97.3 cm³/mol. The van der Waals surface area contributed by atoms with Gasteiger partial charge in [-0.2, -0.15) is 0 Å². The summed E-state index contributed by atoms with van der Waals surface area (Å²) in [7, 11) is 0. The maximum absolute atomic E-state index is 5.73. The molecule has 1 aromatic carbocycles. The maximum Gasteiger partial charge on any atom is 0.247 e. The molecule has 3 aromatic heterocycles. The van der Waals surface area contributed by atoms with Crippen molar-refractivity contribution in [2.75, 3.05) is 0 Å². The number of benzene rings is 1. The van der Waals surface area contributed by atoms with E-state index in [4.69, 9.17) is 4.42 Å². The largest absolute Gasteiger partial charge is 0.420 e. The highest BCUT2D eigenvalue weighted by molar-refractivity contribution is 7.98. The van der Waals surface area contributed by atoms with E-state index in [0.29, 0.717) is 17.5 Å². The molecule has 0 saturated heterocycles. The molecule has 6 nitrogen and oxygen atoms in total. The molecule has 4 aromatic rings. The third-order valence-electron chi connectivity index (χ3n) is 3.57. The van der Waals surface area contributed by atoms with E-state index in [2.05, 4.69) is 42.5 Å². The van der Waals surface area contributed by atoms with Crippen LogP contribution in [-0.2, 0) is 18.7 Å². The lowest BCUT2D eigenvalue weighted by atomic mass is 10.2. The topological polar surface area (TPSA) is 69.6 Å². The summed E-state index contributed by atoms with van der Waals surface area (Å²) in [4.78, 5) is 1.36. The molecule has 4 rings (SSSR count). The summed E-state index contributed by atoms with van der Waals surface area (Å²) in [6.07, 6.45) is 2.74. The molecule has 0 spiro atoms. The molecule has 0 saturated carbocycles. The first-order valence-corrected chi connectivity index (χ1v) is 9.66. The number of hydrogen-bond acceptors (Lipinski definition) is 7. The van der Waals surface area contributed by atoms with Gasteiger partial charge in [0.05, 0.1) is 5.75 Å². The summed E-state index contributed by atoms with van der Waals surface area (Å²) >= 11 is 3.32. The summed E-state index contributed by atoms with van der Waals surface area (Å²) in [5.74, 6) is 1.68. The molecule has 126 valence electrons. The highest BCUT2D eigenvalue weighted by atomic mass is 32.2. The van der Waals surface area contributed by atoms with Crippen molar-refractivity contribution in [2.24, 2.45) is 0 Å². The van der Waals surface area contributed by atoms with Gasteiger partial charge in [-0.05, 0) is 30.0 Å². The first-order chi connectivity index (χ1) is 12.4. The zero-order chi connectivity index (χ0) is 16.9. The highest BCUT2D eigenvalue weighted by Gasteiger charge is 2.11. The normalized spacial score (nSPS) is 11.0. The minimum Gasteiger partial charge on any atom is -0.420 e. The molecule has 8 heteroatoms. The van der Waals surface area contributed by atoms with Crippen LogP contribution in [0.4, 0.5) is 0 Å². The summed E-state index contributed by atoms with van der Waals surface area (Å²) in [6.45, 7) is 0.856. The van der Waals surface area contributed by atoms with Gasteiger partial charge in [0.15, 0.2) is 5.16 Å². The van der Waals surface area contributed by atoms with Crippen molar-refractivity contribution in [3.05, 3.63) is 64.9 Å². The quantitative estimate of drug-likeness (QED) is 0.460. The summed E-state index contributed by atoms with van der Waals surface area (Å²) in [6, 6.07) is 14.0. The maximum atomic E-state index is 5.73. The first-order valence-electron chi connectivity index (χ1n) is 7.79. The number of thiophene rings is 1. The Morgan fingerprint density at radius 2 is 1.96 bits per heavy atom. The van der Waals surface area contributed by atoms with Crippen molar-refractivity contribution >= 4 is 23.1 Å². The first kappa shape index (κ1) is 16.0. The smallest absolute Gasteiger partial charge is 0.247 e. The van der Waals surface area contributed by atoms with Gasteiger partial charge in [0.2, 0.25) is 11.8 Å². The molecule has 0 N–H and O–H groups in total. The summed E-state index contributed by atoms with van der Waals surface area (Å²) < 4.78 is 7.78. The van der Waals surface area contributed by atoms with Crippen molar-refractivity contribution in [2.45, 2.75) is 23.9 Å². The third-order valence-corrected chi connectivity index (χ3v) is 5.47. The van der Waals surface area contributed by atoms with Crippen molar-refractivity contribution in [1.82, 2.24) is 25.0 Å². The minimum atomic E-state index is 0.537. The Kier molecular flexibility index (Phi) is 4.89. The molecule has 3 heterocycles. The van der Waals surface area contributed by atoms with Gasteiger partial charge < -0.3 is 8.98 Å². The van der Waals surface area contributed by atoms with Gasteiger partial charge in [-0.1, -0.05) is 36.0 Å². The van der Waals surface area contributed by atoms with Crippen LogP contribution in [0.3, 0.4) is 0 Å². The predicted octanol–water partition coefficient (Wildman–Crippen LogP) is 3.92. The van der Waals surface area contributed by atoms with Gasteiger partial charge in [0, 0.05) is 17.0 Å². The molecular weight excluding hydrogens is 354 g/mol. The van der Waals surface area contributed by atoms with Crippen molar-refractivity contribution in [1.29, 1.82) is 0 Å². The number of aromatic nitrogens is 5. The number of rotatable bonds is 7. The number of aryl methyl sites for hydroxylation is 2. The fourth-order valence-corrected chi connectivity index (χ4v) is 3.81. The molecule has 0 bridgehead atoms. The molecule has 0 aliphatic rings. The molecular formula is C17H15N5OS2. The molecule has 25 heavy (non-hydrogen) atoms. The SMILES string of the molecule is c1ccc(-c2nnc(CSc3nncn3CCc3cccs3)o2)cc1. The van der Waals surface area contributed by atoms with Crippen LogP contribution in [0, 0.1) is 0 Å². The fourth-order valence-electron chi connectivity index (χ4n) is 2.33. The van der Waals surface area contributed by atoms with Gasteiger partial charge in [0.25, 0.3) is 0 Å². The van der Waals surface area contributed by atoms with E-state index in [1.54, 1.807) is 29.4 Å². The van der Waals surface area contributed by atoms with Crippen molar-refractivity contribution in [3.63, 3.8) is 0 Å². The van der Waals surface area contributed by atoms with Crippen molar-refractivity contribution < 1.29 is 4.42 Å². The lowest BCUT2D eigenvalue weighted by Gasteiger charge is -2.04. The molecule has 0 aliphatic heterocycles. The Balaban J connectivity index is 1.37. The minimum absolute atomic E-state index is 0.537. The van der Waals surface area contributed by atoms with Crippen molar-refractivity contribution in [3.8, 4) is 11.5 Å².